The molecular formula is C18H39N5O3S. The number of aliphatic imine (C=N–C) groups is 1. The number of rotatable bonds is 10. The molecule has 1 rings (SSSR count). The van der Waals surface area contributed by atoms with Crippen LogP contribution in [0.2, 0.25) is 0 Å². The largest absolute Gasteiger partial charge is 0.378 e. The van der Waals surface area contributed by atoms with Crippen molar-refractivity contribution >= 4 is 16.0 Å². The normalized spacial score (nSPS) is 18.4. The van der Waals surface area contributed by atoms with E-state index in [4.69, 9.17) is 4.74 Å². The third-order valence-electron chi connectivity index (χ3n) is 4.93. The van der Waals surface area contributed by atoms with E-state index in [1.807, 2.05) is 13.8 Å². The molecule has 9 heteroatoms. The Balaban J connectivity index is 2.49. The zero-order valence-electron chi connectivity index (χ0n) is 17.9. The third kappa shape index (κ3) is 7.93. The van der Waals surface area contributed by atoms with Crippen LogP contribution < -0.4 is 5.32 Å². The van der Waals surface area contributed by atoms with Gasteiger partial charge in [0.2, 0.25) is 10.0 Å². The van der Waals surface area contributed by atoms with Crippen molar-refractivity contribution in [1.29, 1.82) is 0 Å². The van der Waals surface area contributed by atoms with Crippen LogP contribution in [0.4, 0.5) is 0 Å². The van der Waals surface area contributed by atoms with Crippen LogP contribution in [0, 0.1) is 0 Å². The monoisotopic (exact) mass is 405 g/mol. The molecule has 0 bridgehead atoms. The number of piperazine rings is 1. The molecule has 1 fully saturated rings. The molecule has 1 aliphatic rings. The highest BCUT2D eigenvalue weighted by Gasteiger charge is 2.28. The molecule has 0 spiro atoms. The Morgan fingerprint density at radius 3 is 2.22 bits per heavy atom. The predicted octanol–water partition coefficient (Wildman–Crippen LogP) is 0.665. The van der Waals surface area contributed by atoms with Crippen molar-refractivity contribution in [2.45, 2.75) is 46.8 Å². The number of guanidine groups is 1. The fraction of sp³-hybridized carbons (Fsp3) is 0.944. The van der Waals surface area contributed by atoms with E-state index in [9.17, 15) is 8.42 Å². The second kappa shape index (κ2) is 11.8. The summed E-state index contributed by atoms with van der Waals surface area (Å²) in [5.74, 6) is 0.883. The lowest BCUT2D eigenvalue weighted by Gasteiger charge is -2.36. The van der Waals surface area contributed by atoms with Crippen LogP contribution in [-0.4, -0.2) is 106 Å². The summed E-state index contributed by atoms with van der Waals surface area (Å²) in [4.78, 5) is 8.90. The Bertz CT molecular complexity index is 541. The second-order valence-corrected chi connectivity index (χ2v) is 9.21. The Morgan fingerprint density at radius 1 is 1.15 bits per heavy atom. The van der Waals surface area contributed by atoms with Gasteiger partial charge < -0.3 is 15.0 Å². The lowest BCUT2D eigenvalue weighted by molar-refractivity contribution is 0.0904. The van der Waals surface area contributed by atoms with Gasteiger partial charge in [-0.3, -0.25) is 9.89 Å². The second-order valence-electron chi connectivity index (χ2n) is 7.12. The van der Waals surface area contributed by atoms with Gasteiger partial charge in [-0.15, -0.1) is 0 Å². The van der Waals surface area contributed by atoms with Crippen molar-refractivity contribution in [3.63, 3.8) is 0 Å². The number of likely N-dealkylation sites (N-methyl/N-ethyl adjacent to an activating group) is 1. The molecule has 0 amide bonds. The minimum atomic E-state index is -3.26. The molecular weight excluding hydrogens is 366 g/mol. The molecule has 1 aliphatic heterocycles. The van der Waals surface area contributed by atoms with Crippen molar-refractivity contribution in [3.05, 3.63) is 0 Å². The van der Waals surface area contributed by atoms with Gasteiger partial charge in [0.1, 0.15) is 0 Å². The number of nitrogens with one attached hydrogen (secondary N) is 1. The first-order valence-electron chi connectivity index (χ1n) is 10.0. The summed E-state index contributed by atoms with van der Waals surface area (Å²) in [5, 5.41) is 3.43. The molecule has 1 unspecified atom stereocenters. The fourth-order valence-electron chi connectivity index (χ4n) is 3.24. The molecule has 1 atom stereocenters. The number of nitrogens with zero attached hydrogens (tertiary/aromatic N) is 4. The Labute approximate surface area is 166 Å². The van der Waals surface area contributed by atoms with E-state index in [1.54, 1.807) is 11.4 Å². The quantitative estimate of drug-likeness (QED) is 0.425. The minimum absolute atomic E-state index is 0.0412. The molecule has 1 saturated heterocycles. The zero-order valence-corrected chi connectivity index (χ0v) is 18.8. The molecule has 27 heavy (non-hydrogen) atoms. The first kappa shape index (κ1) is 24.1. The van der Waals surface area contributed by atoms with E-state index in [1.165, 1.54) is 0 Å². The van der Waals surface area contributed by atoms with Crippen molar-refractivity contribution in [2.75, 3.05) is 65.2 Å². The van der Waals surface area contributed by atoms with Gasteiger partial charge in [0.05, 0.1) is 18.5 Å². The summed E-state index contributed by atoms with van der Waals surface area (Å²) in [6, 6.07) is 0.416. The van der Waals surface area contributed by atoms with Crippen LogP contribution in [0.3, 0.4) is 0 Å². The molecule has 0 saturated carbocycles. The summed E-state index contributed by atoms with van der Waals surface area (Å²) >= 11 is 0. The van der Waals surface area contributed by atoms with Crippen molar-refractivity contribution in [2.24, 2.45) is 4.99 Å². The van der Waals surface area contributed by atoms with Crippen molar-refractivity contribution < 1.29 is 13.2 Å². The van der Waals surface area contributed by atoms with Gasteiger partial charge in [-0.1, -0.05) is 13.8 Å². The smallest absolute Gasteiger partial charge is 0.216 e. The minimum Gasteiger partial charge on any atom is -0.378 e. The molecule has 160 valence electrons. The summed E-state index contributed by atoms with van der Waals surface area (Å²) < 4.78 is 31.8. The summed E-state index contributed by atoms with van der Waals surface area (Å²) in [5.41, 5.74) is 0. The maximum absolute atomic E-state index is 12.4. The number of hydrogen-bond acceptors (Lipinski definition) is 5. The van der Waals surface area contributed by atoms with Gasteiger partial charge in [0.15, 0.2) is 5.96 Å². The maximum Gasteiger partial charge on any atom is 0.216 e. The highest BCUT2D eigenvalue weighted by molar-refractivity contribution is 7.89. The first-order valence-corrected chi connectivity index (χ1v) is 11.6. The SMILES string of the molecule is CCN(CC)C(C)CNC(=NC)N1CCN(S(=O)(=O)CCOC(C)C)CC1. The van der Waals surface area contributed by atoms with E-state index in [0.717, 1.165) is 25.6 Å². The van der Waals surface area contributed by atoms with Crippen LogP contribution in [0.5, 0.6) is 0 Å². The molecule has 8 nitrogen and oxygen atoms in total. The molecule has 1 N–H and O–H groups in total. The number of sulfonamides is 1. The standard InChI is InChI=1S/C18H39N5O3S/c1-7-21(8-2)17(5)15-20-18(19-6)22-9-11-23(12-10-22)27(24,25)14-13-26-16(3)4/h16-17H,7-15H2,1-6H3,(H,19,20). The van der Waals surface area contributed by atoms with Crippen LogP contribution >= 0.6 is 0 Å². The van der Waals surface area contributed by atoms with Crippen molar-refractivity contribution in [3.8, 4) is 0 Å². The van der Waals surface area contributed by atoms with Crippen LogP contribution in [0.15, 0.2) is 4.99 Å². The van der Waals surface area contributed by atoms with Gasteiger partial charge in [-0.25, -0.2) is 8.42 Å². The van der Waals surface area contributed by atoms with E-state index in [0.29, 0.717) is 32.2 Å². The Hall–Kier alpha value is -0.900. The Kier molecular flexibility index (Phi) is 10.6. The highest BCUT2D eigenvalue weighted by Crippen LogP contribution is 2.09. The van der Waals surface area contributed by atoms with Gasteiger partial charge in [0.25, 0.3) is 0 Å². The van der Waals surface area contributed by atoms with Crippen LogP contribution in [0.1, 0.15) is 34.6 Å². The van der Waals surface area contributed by atoms with E-state index >= 15 is 0 Å². The first-order chi connectivity index (χ1) is 12.7. The summed E-state index contributed by atoms with van der Waals surface area (Å²) in [7, 11) is -1.49. The van der Waals surface area contributed by atoms with Crippen molar-refractivity contribution in [1.82, 2.24) is 19.4 Å². The molecule has 0 radical (unpaired) electrons. The zero-order chi connectivity index (χ0) is 20.4. The maximum atomic E-state index is 12.4. The van der Waals surface area contributed by atoms with Gasteiger partial charge >= 0.3 is 0 Å². The van der Waals surface area contributed by atoms with E-state index < -0.39 is 10.0 Å². The summed E-state index contributed by atoms with van der Waals surface area (Å²) in [6.45, 7) is 15.7. The van der Waals surface area contributed by atoms with E-state index in [2.05, 4.69) is 40.9 Å². The lowest BCUT2D eigenvalue weighted by atomic mass is 10.2. The third-order valence-corrected chi connectivity index (χ3v) is 6.76. The molecule has 0 aromatic carbocycles. The molecule has 1 heterocycles. The highest BCUT2D eigenvalue weighted by atomic mass is 32.2. The number of hydrogen-bond donors (Lipinski definition) is 1. The van der Waals surface area contributed by atoms with E-state index in [-0.39, 0.29) is 18.5 Å². The fourth-order valence-corrected chi connectivity index (χ4v) is 4.53. The molecule has 0 aromatic rings. The van der Waals surface area contributed by atoms with Crippen LogP contribution in [-0.2, 0) is 14.8 Å². The van der Waals surface area contributed by atoms with Gasteiger partial charge in [-0.2, -0.15) is 4.31 Å². The molecule has 0 aromatic heterocycles. The predicted molar refractivity (Wildman–Crippen MR) is 112 cm³/mol. The van der Waals surface area contributed by atoms with Crippen LogP contribution in [0.25, 0.3) is 0 Å². The average molecular weight is 406 g/mol. The number of ether oxygens (including phenoxy) is 1. The Morgan fingerprint density at radius 2 is 1.74 bits per heavy atom. The van der Waals surface area contributed by atoms with Gasteiger partial charge in [0, 0.05) is 45.8 Å². The summed E-state index contributed by atoms with van der Waals surface area (Å²) in [6.07, 6.45) is 0.0465. The topological polar surface area (TPSA) is 77.5 Å². The average Bonchev–Trinajstić information content (AvgIpc) is 2.63. The lowest BCUT2D eigenvalue weighted by Crippen LogP contribution is -2.55. The molecule has 0 aliphatic carbocycles. The van der Waals surface area contributed by atoms with Gasteiger partial charge in [-0.05, 0) is 33.9 Å².